The van der Waals surface area contributed by atoms with Crippen molar-refractivity contribution in [1.82, 2.24) is 0 Å². The minimum absolute atomic E-state index is 0.157. The molecule has 0 aromatic heterocycles. The van der Waals surface area contributed by atoms with Crippen LogP contribution in [0.5, 0.6) is 0 Å². The van der Waals surface area contributed by atoms with Gasteiger partial charge in [0.2, 0.25) is 0 Å². The maximum atomic E-state index is 5.56. The van der Waals surface area contributed by atoms with Crippen LogP contribution in [0.4, 0.5) is 0 Å². The molecule has 3 heteroatoms. The second kappa shape index (κ2) is 6.38. The summed E-state index contributed by atoms with van der Waals surface area (Å²) in [6.07, 6.45) is 2.15. The molecule has 0 aliphatic carbocycles. The van der Waals surface area contributed by atoms with Crippen LogP contribution in [-0.4, -0.2) is 39.6 Å². The summed E-state index contributed by atoms with van der Waals surface area (Å²) in [5.74, 6) is 0. The number of hydrogen-bond donors (Lipinski definition) is 0. The van der Waals surface area contributed by atoms with Gasteiger partial charge >= 0.3 is 0 Å². The lowest BCUT2D eigenvalue weighted by Crippen LogP contribution is -2.49. The summed E-state index contributed by atoms with van der Waals surface area (Å²) >= 11 is 0. The highest BCUT2D eigenvalue weighted by Crippen LogP contribution is 2.28. The minimum atomic E-state index is 0.157. The second-order valence-corrected chi connectivity index (χ2v) is 4.10. The molecule has 0 radical (unpaired) electrons. The van der Waals surface area contributed by atoms with Crippen molar-refractivity contribution < 1.29 is 14.2 Å². The van der Waals surface area contributed by atoms with Gasteiger partial charge in [-0.2, -0.15) is 0 Å². The van der Waals surface area contributed by atoms with Gasteiger partial charge in [-0.1, -0.05) is 13.8 Å². The van der Waals surface area contributed by atoms with Gasteiger partial charge in [0.15, 0.2) is 0 Å². The van der Waals surface area contributed by atoms with E-state index in [1.807, 2.05) is 0 Å². The van der Waals surface area contributed by atoms with Gasteiger partial charge in [-0.15, -0.1) is 0 Å². The maximum absolute atomic E-state index is 5.56. The van der Waals surface area contributed by atoms with Gasteiger partial charge in [0, 0.05) is 13.2 Å². The Morgan fingerprint density at radius 1 is 1.00 bits per heavy atom. The molecule has 3 nitrogen and oxygen atoms in total. The first-order valence-corrected chi connectivity index (χ1v) is 5.56. The van der Waals surface area contributed by atoms with Crippen molar-refractivity contribution in [3.8, 4) is 0 Å². The van der Waals surface area contributed by atoms with Crippen molar-refractivity contribution in [2.24, 2.45) is 5.41 Å². The Morgan fingerprint density at radius 3 is 1.79 bits per heavy atom. The summed E-state index contributed by atoms with van der Waals surface area (Å²) in [4.78, 5) is 0. The Balaban J connectivity index is 2.13. The zero-order valence-corrected chi connectivity index (χ0v) is 9.38. The molecule has 0 spiro atoms. The molecular formula is C11H22O3. The van der Waals surface area contributed by atoms with Crippen molar-refractivity contribution in [2.45, 2.75) is 26.7 Å². The molecule has 14 heavy (non-hydrogen) atoms. The number of hydrogen-bond acceptors (Lipinski definition) is 3. The van der Waals surface area contributed by atoms with Crippen LogP contribution in [0.15, 0.2) is 0 Å². The summed E-state index contributed by atoms with van der Waals surface area (Å²) in [7, 11) is 0. The van der Waals surface area contributed by atoms with Gasteiger partial charge < -0.3 is 14.2 Å². The molecule has 1 rings (SSSR count). The van der Waals surface area contributed by atoms with Gasteiger partial charge in [0.05, 0.1) is 31.8 Å². The van der Waals surface area contributed by atoms with Crippen LogP contribution >= 0.6 is 0 Å². The first-order valence-electron chi connectivity index (χ1n) is 5.56. The molecule has 0 aromatic rings. The third kappa shape index (κ3) is 3.56. The van der Waals surface area contributed by atoms with E-state index in [4.69, 9.17) is 14.2 Å². The molecular weight excluding hydrogens is 180 g/mol. The number of rotatable bonds is 8. The van der Waals surface area contributed by atoms with Gasteiger partial charge in [-0.3, -0.25) is 0 Å². The highest BCUT2D eigenvalue weighted by molar-refractivity contribution is 4.85. The molecule has 1 heterocycles. The summed E-state index contributed by atoms with van der Waals surface area (Å²) in [6.45, 7) is 9.08. The molecule has 0 amide bonds. The summed E-state index contributed by atoms with van der Waals surface area (Å²) in [5, 5.41) is 0. The summed E-state index contributed by atoms with van der Waals surface area (Å²) < 4.78 is 16.4. The normalized spacial score (nSPS) is 19.3. The van der Waals surface area contributed by atoms with E-state index in [1.165, 1.54) is 0 Å². The van der Waals surface area contributed by atoms with Gasteiger partial charge in [-0.25, -0.2) is 0 Å². The predicted octanol–water partition coefficient (Wildman–Crippen LogP) is 1.86. The molecule has 0 unspecified atom stereocenters. The van der Waals surface area contributed by atoms with Crippen molar-refractivity contribution in [2.75, 3.05) is 39.6 Å². The van der Waals surface area contributed by atoms with Crippen molar-refractivity contribution in [3.05, 3.63) is 0 Å². The molecule has 0 aromatic carbocycles. The average Bonchev–Trinajstić information content (AvgIpc) is 2.13. The number of ether oxygens (including phenoxy) is 3. The molecule has 1 saturated heterocycles. The van der Waals surface area contributed by atoms with Crippen LogP contribution in [0.1, 0.15) is 26.7 Å². The average molecular weight is 202 g/mol. The van der Waals surface area contributed by atoms with Crippen LogP contribution in [0.3, 0.4) is 0 Å². The van der Waals surface area contributed by atoms with E-state index in [1.54, 1.807) is 0 Å². The lowest BCUT2D eigenvalue weighted by atomic mass is 9.88. The highest BCUT2D eigenvalue weighted by Gasteiger charge is 2.39. The Hall–Kier alpha value is -0.120. The SMILES string of the molecule is CCCOCC1(COCCC)COC1. The fourth-order valence-corrected chi connectivity index (χ4v) is 1.47. The molecule has 0 bridgehead atoms. The van der Waals surface area contributed by atoms with E-state index in [0.29, 0.717) is 0 Å². The second-order valence-electron chi connectivity index (χ2n) is 4.10. The van der Waals surface area contributed by atoms with E-state index in [2.05, 4.69) is 13.8 Å². The fourth-order valence-electron chi connectivity index (χ4n) is 1.47. The Bertz CT molecular complexity index is 131. The van der Waals surface area contributed by atoms with Crippen LogP contribution in [0.2, 0.25) is 0 Å². The van der Waals surface area contributed by atoms with Crippen LogP contribution in [0.25, 0.3) is 0 Å². The quantitative estimate of drug-likeness (QED) is 0.562. The smallest absolute Gasteiger partial charge is 0.0637 e. The first kappa shape index (κ1) is 12.0. The van der Waals surface area contributed by atoms with Gasteiger partial charge in [-0.05, 0) is 12.8 Å². The van der Waals surface area contributed by atoms with Gasteiger partial charge in [0.1, 0.15) is 0 Å². The first-order chi connectivity index (χ1) is 6.83. The largest absolute Gasteiger partial charge is 0.381 e. The van der Waals surface area contributed by atoms with E-state index < -0.39 is 0 Å². The Labute approximate surface area is 86.7 Å². The van der Waals surface area contributed by atoms with E-state index in [-0.39, 0.29) is 5.41 Å². The van der Waals surface area contributed by atoms with Crippen LogP contribution in [-0.2, 0) is 14.2 Å². The van der Waals surface area contributed by atoms with E-state index >= 15 is 0 Å². The van der Waals surface area contributed by atoms with Crippen molar-refractivity contribution >= 4 is 0 Å². The van der Waals surface area contributed by atoms with Gasteiger partial charge in [0.25, 0.3) is 0 Å². The molecule has 0 atom stereocenters. The molecule has 1 aliphatic rings. The van der Waals surface area contributed by atoms with Crippen molar-refractivity contribution in [1.29, 1.82) is 0 Å². The minimum Gasteiger partial charge on any atom is -0.381 e. The van der Waals surface area contributed by atoms with E-state index in [0.717, 1.165) is 52.5 Å². The molecule has 1 aliphatic heterocycles. The molecule has 1 fully saturated rings. The fraction of sp³-hybridized carbons (Fsp3) is 1.00. The predicted molar refractivity (Wildman–Crippen MR) is 55.5 cm³/mol. The highest BCUT2D eigenvalue weighted by atomic mass is 16.5. The van der Waals surface area contributed by atoms with Crippen molar-refractivity contribution in [3.63, 3.8) is 0 Å². The monoisotopic (exact) mass is 202 g/mol. The van der Waals surface area contributed by atoms with Crippen LogP contribution < -0.4 is 0 Å². The third-order valence-corrected chi connectivity index (χ3v) is 2.33. The maximum Gasteiger partial charge on any atom is 0.0637 e. The lowest BCUT2D eigenvalue weighted by molar-refractivity contribution is -0.177. The molecule has 0 saturated carbocycles. The molecule has 0 N–H and O–H groups in total. The Morgan fingerprint density at radius 2 is 1.50 bits per heavy atom. The third-order valence-electron chi connectivity index (χ3n) is 2.33. The topological polar surface area (TPSA) is 27.7 Å². The summed E-state index contributed by atoms with van der Waals surface area (Å²) in [6, 6.07) is 0. The van der Waals surface area contributed by atoms with Crippen LogP contribution in [0, 0.1) is 5.41 Å². The zero-order valence-electron chi connectivity index (χ0n) is 9.38. The van der Waals surface area contributed by atoms with E-state index in [9.17, 15) is 0 Å². The standard InChI is InChI=1S/C11H22O3/c1-3-5-12-7-11(9-14-10-11)8-13-6-4-2/h3-10H2,1-2H3. The summed E-state index contributed by atoms with van der Waals surface area (Å²) in [5.41, 5.74) is 0.157. The lowest BCUT2D eigenvalue weighted by Gasteiger charge is -2.40. The molecule has 84 valence electrons. The zero-order chi connectivity index (χ0) is 10.3. The Kier molecular flexibility index (Phi) is 5.45.